The van der Waals surface area contributed by atoms with E-state index in [9.17, 15) is 9.59 Å². The molecule has 142 valence electrons. The predicted octanol–water partition coefficient (Wildman–Crippen LogP) is 4.10. The van der Waals surface area contributed by atoms with Gasteiger partial charge in [-0.3, -0.25) is 9.59 Å². The van der Waals surface area contributed by atoms with Crippen LogP contribution in [0.4, 0.5) is 0 Å². The van der Waals surface area contributed by atoms with Crippen molar-refractivity contribution in [2.45, 2.75) is 6.92 Å². The molecular weight excluding hydrogens is 366 g/mol. The van der Waals surface area contributed by atoms with Crippen molar-refractivity contribution in [3.63, 3.8) is 0 Å². The first-order valence-electron chi connectivity index (χ1n) is 8.48. The van der Waals surface area contributed by atoms with Gasteiger partial charge < -0.3 is 14.4 Å². The third-order valence-corrected chi connectivity index (χ3v) is 3.93. The van der Waals surface area contributed by atoms with Gasteiger partial charge in [-0.05, 0) is 55.0 Å². The summed E-state index contributed by atoms with van der Waals surface area (Å²) in [6, 6.07) is 12.0. The van der Waals surface area contributed by atoms with Gasteiger partial charge in [0.1, 0.15) is 0 Å². The molecule has 5 nitrogen and oxygen atoms in total. The summed E-state index contributed by atoms with van der Waals surface area (Å²) >= 11 is 5.83. The quantitative estimate of drug-likeness (QED) is 0.505. The van der Waals surface area contributed by atoms with E-state index in [0.717, 1.165) is 5.56 Å². The second-order valence-electron chi connectivity index (χ2n) is 5.92. The molecule has 1 amide bonds. The number of likely N-dealkylation sites (N-methyl/N-ethyl adjacent to an activating group) is 1. The average Bonchev–Trinajstić information content (AvgIpc) is 2.65. The van der Waals surface area contributed by atoms with Crippen molar-refractivity contribution in [3.05, 3.63) is 64.7 Å². The van der Waals surface area contributed by atoms with E-state index in [-0.39, 0.29) is 18.3 Å². The highest BCUT2D eigenvalue weighted by Crippen LogP contribution is 2.29. The Kier molecular flexibility index (Phi) is 7.44. The van der Waals surface area contributed by atoms with Crippen LogP contribution in [0.25, 0.3) is 6.08 Å². The number of benzene rings is 2. The van der Waals surface area contributed by atoms with Gasteiger partial charge in [0.2, 0.25) is 0 Å². The summed E-state index contributed by atoms with van der Waals surface area (Å²) in [5.74, 6) is 0.731. The number of amides is 1. The maximum atomic E-state index is 12.2. The molecule has 0 saturated carbocycles. The predicted molar refractivity (Wildman–Crippen MR) is 107 cm³/mol. The standard InChI is InChI=1S/C21H22ClNO4/c1-4-26-20-13-15(6-12-19(20)27-14-21(25)23(2)3)5-11-18(24)16-7-9-17(22)10-8-16/h5-13H,4,14H2,1-3H3/b11-5+. The smallest absolute Gasteiger partial charge is 0.259 e. The largest absolute Gasteiger partial charge is 0.490 e. The molecule has 0 saturated heterocycles. The van der Waals surface area contributed by atoms with E-state index in [4.69, 9.17) is 21.1 Å². The fourth-order valence-corrected chi connectivity index (χ4v) is 2.29. The minimum absolute atomic E-state index is 0.0721. The van der Waals surface area contributed by atoms with Crippen molar-refractivity contribution in [2.24, 2.45) is 0 Å². The summed E-state index contributed by atoms with van der Waals surface area (Å²) in [7, 11) is 3.33. The van der Waals surface area contributed by atoms with Gasteiger partial charge in [-0.25, -0.2) is 0 Å². The lowest BCUT2D eigenvalue weighted by Gasteiger charge is -2.14. The number of ketones is 1. The molecule has 0 N–H and O–H groups in total. The fraction of sp³-hybridized carbons (Fsp3) is 0.238. The zero-order chi connectivity index (χ0) is 19.8. The van der Waals surface area contributed by atoms with Gasteiger partial charge in [-0.15, -0.1) is 0 Å². The monoisotopic (exact) mass is 387 g/mol. The molecule has 2 rings (SSSR count). The summed E-state index contributed by atoms with van der Waals surface area (Å²) in [6.07, 6.45) is 3.19. The van der Waals surface area contributed by atoms with Crippen LogP contribution in [0, 0.1) is 0 Å². The van der Waals surface area contributed by atoms with Crippen LogP contribution in [-0.4, -0.2) is 43.9 Å². The number of hydrogen-bond acceptors (Lipinski definition) is 4. The minimum atomic E-state index is -0.144. The third-order valence-electron chi connectivity index (χ3n) is 3.67. The first-order valence-corrected chi connectivity index (χ1v) is 8.86. The van der Waals surface area contributed by atoms with Gasteiger partial charge in [-0.2, -0.15) is 0 Å². The normalized spacial score (nSPS) is 10.7. The Morgan fingerprint density at radius 3 is 2.37 bits per heavy atom. The summed E-state index contributed by atoms with van der Waals surface area (Å²) < 4.78 is 11.1. The molecule has 6 heteroatoms. The fourth-order valence-electron chi connectivity index (χ4n) is 2.17. The van der Waals surface area contributed by atoms with Gasteiger partial charge in [-0.1, -0.05) is 23.7 Å². The summed E-state index contributed by atoms with van der Waals surface area (Å²) in [5.41, 5.74) is 1.34. The van der Waals surface area contributed by atoms with E-state index in [0.29, 0.717) is 28.7 Å². The molecule has 0 fully saturated rings. The topological polar surface area (TPSA) is 55.8 Å². The summed E-state index contributed by atoms with van der Waals surface area (Å²) in [5, 5.41) is 0.584. The molecule has 0 aliphatic carbocycles. The van der Waals surface area contributed by atoms with Crippen LogP contribution in [0.2, 0.25) is 5.02 Å². The lowest BCUT2D eigenvalue weighted by molar-refractivity contribution is -0.130. The number of carbonyl (C=O) groups excluding carboxylic acids is 2. The van der Waals surface area contributed by atoms with Crippen molar-refractivity contribution < 1.29 is 19.1 Å². The molecule has 0 unspecified atom stereocenters. The number of hydrogen-bond donors (Lipinski definition) is 0. The van der Waals surface area contributed by atoms with E-state index < -0.39 is 0 Å². The van der Waals surface area contributed by atoms with Crippen LogP contribution >= 0.6 is 11.6 Å². The van der Waals surface area contributed by atoms with E-state index >= 15 is 0 Å². The van der Waals surface area contributed by atoms with Crippen LogP contribution < -0.4 is 9.47 Å². The highest BCUT2D eigenvalue weighted by Gasteiger charge is 2.10. The SMILES string of the molecule is CCOc1cc(/C=C/C(=O)c2ccc(Cl)cc2)ccc1OCC(=O)N(C)C. The molecule has 0 radical (unpaired) electrons. The molecule has 0 aliphatic heterocycles. The zero-order valence-corrected chi connectivity index (χ0v) is 16.3. The van der Waals surface area contributed by atoms with Crippen LogP contribution in [0.5, 0.6) is 11.5 Å². The number of ether oxygens (including phenoxy) is 2. The van der Waals surface area contributed by atoms with Crippen LogP contribution in [0.15, 0.2) is 48.5 Å². The Bertz CT molecular complexity index is 829. The minimum Gasteiger partial charge on any atom is -0.490 e. The van der Waals surface area contributed by atoms with Gasteiger partial charge >= 0.3 is 0 Å². The maximum absolute atomic E-state index is 12.2. The van der Waals surface area contributed by atoms with E-state index in [1.165, 1.54) is 11.0 Å². The van der Waals surface area contributed by atoms with Crippen molar-refractivity contribution in [3.8, 4) is 11.5 Å². The Morgan fingerprint density at radius 1 is 1.04 bits per heavy atom. The van der Waals surface area contributed by atoms with E-state index in [1.54, 1.807) is 62.6 Å². The average molecular weight is 388 g/mol. The van der Waals surface area contributed by atoms with E-state index in [1.807, 2.05) is 6.92 Å². The molecule has 0 aliphatic rings. The molecule has 0 bridgehead atoms. The first kappa shape index (κ1) is 20.5. The third kappa shape index (κ3) is 6.15. The first-order chi connectivity index (χ1) is 12.9. The van der Waals surface area contributed by atoms with E-state index in [2.05, 4.69) is 0 Å². The molecule has 0 atom stereocenters. The van der Waals surface area contributed by atoms with Crippen LogP contribution in [0.1, 0.15) is 22.8 Å². The molecule has 0 heterocycles. The number of nitrogens with zero attached hydrogens (tertiary/aromatic N) is 1. The molecule has 0 aromatic heterocycles. The van der Waals surface area contributed by atoms with Gasteiger partial charge in [0.15, 0.2) is 23.9 Å². The second kappa shape index (κ2) is 9.78. The van der Waals surface area contributed by atoms with Gasteiger partial charge in [0.25, 0.3) is 5.91 Å². The summed E-state index contributed by atoms with van der Waals surface area (Å²) in [4.78, 5) is 25.4. The summed E-state index contributed by atoms with van der Waals surface area (Å²) in [6.45, 7) is 2.24. The number of halogens is 1. The molecule has 2 aromatic carbocycles. The molecule has 2 aromatic rings. The lowest BCUT2D eigenvalue weighted by Crippen LogP contribution is -2.27. The van der Waals surface area contributed by atoms with Crippen LogP contribution in [0.3, 0.4) is 0 Å². The van der Waals surface area contributed by atoms with Crippen molar-refractivity contribution in [1.29, 1.82) is 0 Å². The van der Waals surface area contributed by atoms with Crippen molar-refractivity contribution in [1.82, 2.24) is 4.90 Å². The Labute approximate surface area is 164 Å². The molecule has 0 spiro atoms. The molecular formula is C21H22ClNO4. The zero-order valence-electron chi connectivity index (χ0n) is 15.6. The van der Waals surface area contributed by atoms with Gasteiger partial charge in [0.05, 0.1) is 6.61 Å². The number of rotatable bonds is 8. The molecule has 27 heavy (non-hydrogen) atoms. The van der Waals surface area contributed by atoms with Gasteiger partial charge in [0, 0.05) is 24.7 Å². The maximum Gasteiger partial charge on any atom is 0.259 e. The number of allylic oxidation sites excluding steroid dienone is 1. The van der Waals surface area contributed by atoms with Crippen LogP contribution in [-0.2, 0) is 4.79 Å². The van der Waals surface area contributed by atoms with Crippen molar-refractivity contribution >= 4 is 29.4 Å². The second-order valence-corrected chi connectivity index (χ2v) is 6.36. The Morgan fingerprint density at radius 2 is 1.74 bits per heavy atom. The highest BCUT2D eigenvalue weighted by molar-refractivity contribution is 6.30. The highest BCUT2D eigenvalue weighted by atomic mass is 35.5. The Balaban J connectivity index is 2.13. The number of carbonyl (C=O) groups is 2. The lowest BCUT2D eigenvalue weighted by atomic mass is 10.1. The Hall–Kier alpha value is -2.79. The van der Waals surface area contributed by atoms with Crippen molar-refractivity contribution in [2.75, 3.05) is 27.3 Å².